The van der Waals surface area contributed by atoms with Gasteiger partial charge in [0.05, 0.1) is 6.61 Å². The van der Waals surface area contributed by atoms with Crippen LogP contribution in [0.3, 0.4) is 0 Å². The summed E-state index contributed by atoms with van der Waals surface area (Å²) in [5.74, 6) is 0.00114. The van der Waals surface area contributed by atoms with E-state index in [-0.39, 0.29) is 18.4 Å². The van der Waals surface area contributed by atoms with Gasteiger partial charge in [0.15, 0.2) is 24.2 Å². The lowest BCUT2D eigenvalue weighted by atomic mass is 10.2. The van der Waals surface area contributed by atoms with Gasteiger partial charge in [-0.15, -0.1) is 0 Å². The highest BCUT2D eigenvalue weighted by molar-refractivity contribution is 5.97. The molecule has 1 saturated carbocycles. The van der Waals surface area contributed by atoms with E-state index in [4.69, 9.17) is 20.4 Å². The summed E-state index contributed by atoms with van der Waals surface area (Å²) in [5, 5.41) is 11.3. The van der Waals surface area contributed by atoms with Gasteiger partial charge in [-0.25, -0.2) is 4.39 Å². The van der Waals surface area contributed by atoms with E-state index in [1.165, 1.54) is 25.0 Å². The van der Waals surface area contributed by atoms with Crippen molar-refractivity contribution in [2.24, 2.45) is 16.8 Å². The Labute approximate surface area is 104 Å². The Morgan fingerprint density at radius 3 is 2.89 bits per heavy atom. The monoisotopic (exact) mass is 254 g/mol. The van der Waals surface area contributed by atoms with Crippen molar-refractivity contribution >= 4 is 5.84 Å². The molecule has 3 N–H and O–H groups in total. The summed E-state index contributed by atoms with van der Waals surface area (Å²) < 4.78 is 24.0. The van der Waals surface area contributed by atoms with Gasteiger partial charge in [0, 0.05) is 5.56 Å². The minimum absolute atomic E-state index is 0.0241. The van der Waals surface area contributed by atoms with Crippen molar-refractivity contribution in [2.45, 2.75) is 12.8 Å². The van der Waals surface area contributed by atoms with Crippen LogP contribution in [0, 0.1) is 11.7 Å². The highest BCUT2D eigenvalue weighted by Crippen LogP contribution is 2.28. The Kier molecular flexibility index (Phi) is 3.99. The van der Waals surface area contributed by atoms with Gasteiger partial charge in [-0.3, -0.25) is 0 Å². The fourth-order valence-electron chi connectivity index (χ4n) is 1.44. The molecule has 6 heteroatoms. The van der Waals surface area contributed by atoms with Crippen LogP contribution in [0.2, 0.25) is 0 Å². The van der Waals surface area contributed by atoms with Crippen LogP contribution in [0.15, 0.2) is 23.4 Å². The number of rotatable bonds is 6. The summed E-state index contributed by atoms with van der Waals surface area (Å²) >= 11 is 0. The van der Waals surface area contributed by atoms with E-state index < -0.39 is 5.82 Å². The zero-order chi connectivity index (χ0) is 13.0. The normalized spacial score (nSPS) is 15.7. The third kappa shape index (κ3) is 3.33. The molecule has 1 fully saturated rings. The third-order valence-electron chi connectivity index (χ3n) is 2.68. The number of halogens is 1. The number of ether oxygens (including phenoxy) is 2. The molecule has 1 aromatic carbocycles. The Morgan fingerprint density at radius 1 is 1.50 bits per heavy atom. The molecule has 0 bridgehead atoms. The zero-order valence-electron chi connectivity index (χ0n) is 9.80. The molecule has 1 aromatic rings. The number of hydrogen-bond acceptors (Lipinski definition) is 4. The van der Waals surface area contributed by atoms with Gasteiger partial charge in [-0.05, 0) is 37.0 Å². The predicted octanol–water partition coefficient (Wildman–Crippen LogP) is 1.68. The van der Waals surface area contributed by atoms with Crippen molar-refractivity contribution in [3.8, 4) is 5.75 Å². The van der Waals surface area contributed by atoms with Crippen LogP contribution in [0.1, 0.15) is 18.4 Å². The fraction of sp³-hybridized carbons (Fsp3) is 0.417. The van der Waals surface area contributed by atoms with Gasteiger partial charge < -0.3 is 20.4 Å². The minimum Gasteiger partial charge on any atom is -0.464 e. The average Bonchev–Trinajstić information content (AvgIpc) is 3.19. The van der Waals surface area contributed by atoms with E-state index in [1.54, 1.807) is 0 Å². The molecule has 0 aliphatic heterocycles. The number of nitrogens with zero attached hydrogens (tertiary/aromatic N) is 1. The summed E-state index contributed by atoms with van der Waals surface area (Å²) in [6.07, 6.45) is 2.39. The second-order valence-corrected chi connectivity index (χ2v) is 4.21. The number of amidine groups is 1. The SMILES string of the molecule is N/C(=N/O)c1ccc(OCOCC2CC2)c(F)c1. The second kappa shape index (κ2) is 5.68. The van der Waals surface area contributed by atoms with Crippen LogP contribution in [0.5, 0.6) is 5.75 Å². The van der Waals surface area contributed by atoms with Crippen molar-refractivity contribution in [3.63, 3.8) is 0 Å². The highest BCUT2D eigenvalue weighted by Gasteiger charge is 2.21. The molecular weight excluding hydrogens is 239 g/mol. The summed E-state index contributed by atoms with van der Waals surface area (Å²) in [6, 6.07) is 4.07. The van der Waals surface area contributed by atoms with E-state index >= 15 is 0 Å². The lowest BCUT2D eigenvalue weighted by Crippen LogP contribution is -2.13. The minimum atomic E-state index is -0.575. The van der Waals surface area contributed by atoms with Gasteiger partial charge >= 0.3 is 0 Å². The molecule has 1 aliphatic carbocycles. The first-order chi connectivity index (χ1) is 8.70. The van der Waals surface area contributed by atoms with Gasteiger partial charge in [0.25, 0.3) is 0 Å². The molecule has 0 spiro atoms. The molecule has 0 heterocycles. The highest BCUT2D eigenvalue weighted by atomic mass is 19.1. The number of hydrogen-bond donors (Lipinski definition) is 2. The predicted molar refractivity (Wildman–Crippen MR) is 63.1 cm³/mol. The smallest absolute Gasteiger partial charge is 0.189 e. The molecule has 0 aromatic heterocycles. The molecule has 0 saturated heterocycles. The van der Waals surface area contributed by atoms with Crippen LogP contribution in [0.4, 0.5) is 4.39 Å². The Balaban J connectivity index is 1.87. The number of oxime groups is 1. The molecule has 98 valence electrons. The molecule has 18 heavy (non-hydrogen) atoms. The third-order valence-corrected chi connectivity index (χ3v) is 2.68. The molecule has 0 amide bonds. The zero-order valence-corrected chi connectivity index (χ0v) is 9.80. The topological polar surface area (TPSA) is 77.1 Å². The summed E-state index contributed by atoms with van der Waals surface area (Å²) in [4.78, 5) is 0. The summed E-state index contributed by atoms with van der Waals surface area (Å²) in [6.45, 7) is 0.681. The molecule has 2 rings (SSSR count). The lowest BCUT2D eigenvalue weighted by Gasteiger charge is -2.08. The van der Waals surface area contributed by atoms with Gasteiger partial charge in [0.1, 0.15) is 0 Å². The Bertz CT molecular complexity index is 447. The first-order valence-electron chi connectivity index (χ1n) is 5.68. The van der Waals surface area contributed by atoms with Gasteiger partial charge in [-0.2, -0.15) is 0 Å². The lowest BCUT2D eigenvalue weighted by molar-refractivity contribution is 0.00793. The summed E-state index contributed by atoms with van der Waals surface area (Å²) in [5.41, 5.74) is 5.64. The van der Waals surface area contributed by atoms with Crippen molar-refractivity contribution in [2.75, 3.05) is 13.4 Å². The second-order valence-electron chi connectivity index (χ2n) is 4.21. The van der Waals surface area contributed by atoms with Crippen LogP contribution in [-0.4, -0.2) is 24.4 Å². The number of benzene rings is 1. The molecular formula is C12H15FN2O3. The van der Waals surface area contributed by atoms with Crippen LogP contribution >= 0.6 is 0 Å². The van der Waals surface area contributed by atoms with E-state index in [1.807, 2.05) is 0 Å². The van der Waals surface area contributed by atoms with E-state index in [0.29, 0.717) is 18.1 Å². The maximum atomic E-state index is 13.6. The molecule has 1 aliphatic rings. The number of nitrogens with two attached hydrogens (primary N) is 1. The van der Waals surface area contributed by atoms with Crippen molar-refractivity contribution in [3.05, 3.63) is 29.6 Å². The molecule has 0 atom stereocenters. The van der Waals surface area contributed by atoms with Crippen molar-refractivity contribution in [1.29, 1.82) is 0 Å². The Hall–Kier alpha value is -1.82. The Morgan fingerprint density at radius 2 is 2.28 bits per heavy atom. The fourth-order valence-corrected chi connectivity index (χ4v) is 1.44. The van der Waals surface area contributed by atoms with Crippen LogP contribution in [-0.2, 0) is 4.74 Å². The van der Waals surface area contributed by atoms with Crippen LogP contribution in [0.25, 0.3) is 0 Å². The first kappa shape index (κ1) is 12.6. The van der Waals surface area contributed by atoms with E-state index in [9.17, 15) is 4.39 Å². The maximum absolute atomic E-state index is 13.6. The maximum Gasteiger partial charge on any atom is 0.189 e. The van der Waals surface area contributed by atoms with Gasteiger partial charge in [0.2, 0.25) is 0 Å². The standard InChI is InChI=1S/C12H15FN2O3/c13-10-5-9(12(14)15-16)3-4-11(10)18-7-17-6-8-1-2-8/h3-5,8,16H,1-2,6-7H2,(H2,14,15). The van der Waals surface area contributed by atoms with Crippen LogP contribution < -0.4 is 10.5 Å². The van der Waals surface area contributed by atoms with E-state index in [0.717, 1.165) is 6.07 Å². The van der Waals surface area contributed by atoms with Crippen molar-refractivity contribution < 1.29 is 19.1 Å². The first-order valence-corrected chi connectivity index (χ1v) is 5.68. The molecule has 5 nitrogen and oxygen atoms in total. The molecule has 0 radical (unpaired) electrons. The summed E-state index contributed by atoms with van der Waals surface area (Å²) in [7, 11) is 0. The molecule has 0 unspecified atom stereocenters. The largest absolute Gasteiger partial charge is 0.464 e. The quantitative estimate of drug-likeness (QED) is 0.202. The van der Waals surface area contributed by atoms with Crippen molar-refractivity contribution in [1.82, 2.24) is 0 Å². The van der Waals surface area contributed by atoms with E-state index in [2.05, 4.69) is 5.16 Å². The average molecular weight is 254 g/mol. The van der Waals surface area contributed by atoms with Gasteiger partial charge in [-0.1, -0.05) is 5.16 Å².